The van der Waals surface area contributed by atoms with E-state index in [4.69, 9.17) is 10.5 Å². The van der Waals surface area contributed by atoms with Gasteiger partial charge in [0.25, 0.3) is 0 Å². The summed E-state index contributed by atoms with van der Waals surface area (Å²) in [5, 5.41) is 0. The number of nitrogens with two attached hydrogens (primary N) is 1. The normalized spacial score (nSPS) is 26.6. The van der Waals surface area contributed by atoms with Gasteiger partial charge in [-0.05, 0) is 35.4 Å². The molecule has 0 amide bonds. The van der Waals surface area contributed by atoms with Crippen LogP contribution >= 0.6 is 0 Å². The molecule has 2 atom stereocenters. The lowest BCUT2D eigenvalue weighted by Gasteiger charge is -2.06. The van der Waals surface area contributed by atoms with Gasteiger partial charge in [-0.25, -0.2) is 4.39 Å². The maximum absolute atomic E-state index is 13.9. The molecule has 1 aromatic carbocycles. The Kier molecular flexibility index (Phi) is 2.66. The molecule has 16 heavy (non-hydrogen) atoms. The molecule has 1 aliphatic carbocycles. The minimum atomic E-state index is -0.187. The summed E-state index contributed by atoms with van der Waals surface area (Å²) >= 11 is 0. The van der Waals surface area contributed by atoms with Crippen LogP contribution in [0.2, 0.25) is 0 Å². The summed E-state index contributed by atoms with van der Waals surface area (Å²) in [7, 11) is 1.54. The molecule has 0 aromatic heterocycles. The third-order valence-corrected chi connectivity index (χ3v) is 3.85. The second kappa shape index (κ2) is 3.74. The molecule has 1 aliphatic rings. The Morgan fingerprint density at radius 3 is 2.56 bits per heavy atom. The average molecular weight is 223 g/mol. The Balaban J connectivity index is 2.30. The maximum Gasteiger partial charge on any atom is 0.130 e. The molecule has 0 radical (unpaired) electrons. The zero-order valence-corrected chi connectivity index (χ0v) is 9.96. The van der Waals surface area contributed by atoms with E-state index in [0.29, 0.717) is 18.2 Å². The van der Waals surface area contributed by atoms with Crippen LogP contribution in [0, 0.1) is 17.2 Å². The number of ether oxygens (including phenoxy) is 1. The SMILES string of the molecule is COc1ccc([C@H]2[C@H](CN)C2(C)C)c(F)c1. The molecule has 0 unspecified atom stereocenters. The largest absolute Gasteiger partial charge is 0.497 e. The van der Waals surface area contributed by atoms with Crippen molar-refractivity contribution in [1.29, 1.82) is 0 Å². The molecule has 0 saturated heterocycles. The smallest absolute Gasteiger partial charge is 0.130 e. The topological polar surface area (TPSA) is 35.2 Å². The predicted octanol–water partition coefficient (Wildman–Crippen LogP) is 2.53. The fourth-order valence-corrected chi connectivity index (χ4v) is 2.69. The fourth-order valence-electron chi connectivity index (χ4n) is 2.69. The first kappa shape index (κ1) is 11.4. The summed E-state index contributed by atoms with van der Waals surface area (Å²) in [6.45, 7) is 4.89. The van der Waals surface area contributed by atoms with E-state index in [0.717, 1.165) is 5.56 Å². The third-order valence-electron chi connectivity index (χ3n) is 3.85. The monoisotopic (exact) mass is 223 g/mol. The van der Waals surface area contributed by atoms with Crippen LogP contribution in [0.3, 0.4) is 0 Å². The zero-order chi connectivity index (χ0) is 11.9. The van der Waals surface area contributed by atoms with Crippen LogP contribution in [0.5, 0.6) is 5.75 Å². The summed E-state index contributed by atoms with van der Waals surface area (Å²) in [5.74, 6) is 0.996. The lowest BCUT2D eigenvalue weighted by Crippen LogP contribution is -2.05. The van der Waals surface area contributed by atoms with Crippen molar-refractivity contribution in [2.45, 2.75) is 19.8 Å². The Morgan fingerprint density at radius 1 is 1.44 bits per heavy atom. The minimum Gasteiger partial charge on any atom is -0.497 e. The van der Waals surface area contributed by atoms with Gasteiger partial charge in [-0.2, -0.15) is 0 Å². The van der Waals surface area contributed by atoms with E-state index >= 15 is 0 Å². The highest BCUT2D eigenvalue weighted by Gasteiger charge is 2.57. The minimum absolute atomic E-state index is 0.115. The van der Waals surface area contributed by atoms with Crippen molar-refractivity contribution >= 4 is 0 Å². The van der Waals surface area contributed by atoms with Crippen molar-refractivity contribution in [1.82, 2.24) is 0 Å². The standard InChI is InChI=1S/C13H18FNO/c1-13(2)10(7-15)12(13)9-5-4-8(16-3)6-11(9)14/h4-6,10,12H,7,15H2,1-3H3/t10-,12-/m0/s1. The molecule has 0 bridgehead atoms. The number of benzene rings is 1. The molecule has 2 nitrogen and oxygen atoms in total. The Morgan fingerprint density at radius 2 is 2.12 bits per heavy atom. The summed E-state index contributed by atoms with van der Waals surface area (Å²) in [6, 6.07) is 5.06. The van der Waals surface area contributed by atoms with E-state index in [1.165, 1.54) is 13.2 Å². The van der Waals surface area contributed by atoms with Gasteiger partial charge in [0.15, 0.2) is 0 Å². The van der Waals surface area contributed by atoms with Crippen LogP contribution in [0.15, 0.2) is 18.2 Å². The van der Waals surface area contributed by atoms with Crippen molar-refractivity contribution in [3.63, 3.8) is 0 Å². The van der Waals surface area contributed by atoms with Crippen molar-refractivity contribution in [2.24, 2.45) is 17.1 Å². The molecule has 0 aliphatic heterocycles. The van der Waals surface area contributed by atoms with Gasteiger partial charge in [0.2, 0.25) is 0 Å². The lowest BCUT2D eigenvalue weighted by molar-refractivity contribution is 0.410. The van der Waals surface area contributed by atoms with E-state index in [-0.39, 0.29) is 17.2 Å². The molecule has 88 valence electrons. The molecular formula is C13H18FNO. The van der Waals surface area contributed by atoms with E-state index < -0.39 is 0 Å². The number of hydrogen-bond donors (Lipinski definition) is 1. The first-order valence-electron chi connectivity index (χ1n) is 5.56. The average Bonchev–Trinajstić information content (AvgIpc) is 2.80. The number of hydrogen-bond acceptors (Lipinski definition) is 2. The number of halogens is 1. The predicted molar refractivity (Wildman–Crippen MR) is 62.0 cm³/mol. The summed E-state index contributed by atoms with van der Waals surface area (Å²) in [5.41, 5.74) is 6.58. The molecule has 1 saturated carbocycles. The highest BCUT2D eigenvalue weighted by atomic mass is 19.1. The molecule has 3 heteroatoms. The van der Waals surface area contributed by atoms with Crippen LogP contribution in [0.25, 0.3) is 0 Å². The van der Waals surface area contributed by atoms with Crippen LogP contribution in [0.1, 0.15) is 25.3 Å². The highest BCUT2D eigenvalue weighted by molar-refractivity contribution is 5.37. The first-order chi connectivity index (χ1) is 7.52. The van der Waals surface area contributed by atoms with Gasteiger partial charge < -0.3 is 10.5 Å². The van der Waals surface area contributed by atoms with Gasteiger partial charge in [0.1, 0.15) is 11.6 Å². The second-order valence-corrected chi connectivity index (χ2v) is 5.03. The van der Waals surface area contributed by atoms with Gasteiger partial charge in [-0.1, -0.05) is 19.9 Å². The third kappa shape index (κ3) is 1.59. The van der Waals surface area contributed by atoms with E-state index in [9.17, 15) is 4.39 Å². The van der Waals surface area contributed by atoms with Gasteiger partial charge >= 0.3 is 0 Å². The second-order valence-electron chi connectivity index (χ2n) is 5.03. The molecule has 0 spiro atoms. The maximum atomic E-state index is 13.9. The summed E-state index contributed by atoms with van der Waals surface area (Å²) < 4.78 is 18.9. The van der Waals surface area contributed by atoms with Crippen molar-refractivity contribution in [3.05, 3.63) is 29.6 Å². The molecule has 0 heterocycles. The van der Waals surface area contributed by atoms with Gasteiger partial charge in [-0.15, -0.1) is 0 Å². The number of methoxy groups -OCH3 is 1. The molecular weight excluding hydrogens is 205 g/mol. The highest BCUT2D eigenvalue weighted by Crippen LogP contribution is 2.64. The van der Waals surface area contributed by atoms with Gasteiger partial charge in [-0.3, -0.25) is 0 Å². The lowest BCUT2D eigenvalue weighted by atomic mass is 10.0. The summed E-state index contributed by atoms with van der Waals surface area (Å²) in [4.78, 5) is 0. The van der Waals surface area contributed by atoms with Crippen LogP contribution in [-0.4, -0.2) is 13.7 Å². The van der Waals surface area contributed by atoms with E-state index in [1.807, 2.05) is 6.07 Å². The van der Waals surface area contributed by atoms with Gasteiger partial charge in [0, 0.05) is 6.07 Å². The van der Waals surface area contributed by atoms with Gasteiger partial charge in [0.05, 0.1) is 7.11 Å². The van der Waals surface area contributed by atoms with Crippen molar-refractivity contribution in [2.75, 3.05) is 13.7 Å². The van der Waals surface area contributed by atoms with Crippen molar-refractivity contribution < 1.29 is 9.13 Å². The Hall–Kier alpha value is -1.09. The number of rotatable bonds is 3. The molecule has 1 fully saturated rings. The van der Waals surface area contributed by atoms with Crippen molar-refractivity contribution in [3.8, 4) is 5.75 Å². The molecule has 2 N–H and O–H groups in total. The van der Waals surface area contributed by atoms with E-state index in [2.05, 4.69) is 13.8 Å². The first-order valence-corrected chi connectivity index (χ1v) is 5.56. The summed E-state index contributed by atoms with van der Waals surface area (Å²) in [6.07, 6.45) is 0. The van der Waals surface area contributed by atoms with Crippen LogP contribution in [-0.2, 0) is 0 Å². The Bertz CT molecular complexity index is 403. The zero-order valence-electron chi connectivity index (χ0n) is 9.96. The Labute approximate surface area is 95.6 Å². The van der Waals surface area contributed by atoms with Crippen LogP contribution < -0.4 is 10.5 Å². The van der Waals surface area contributed by atoms with E-state index in [1.54, 1.807) is 6.07 Å². The molecule has 1 aromatic rings. The quantitative estimate of drug-likeness (QED) is 0.854. The molecule has 2 rings (SSSR count). The van der Waals surface area contributed by atoms with Crippen LogP contribution in [0.4, 0.5) is 4.39 Å². The fraction of sp³-hybridized carbons (Fsp3) is 0.538.